The maximum atomic E-state index is 12.4. The van der Waals surface area contributed by atoms with E-state index in [0.29, 0.717) is 5.65 Å². The number of rotatable bonds is 5. The minimum Gasteiger partial charge on any atom is -0.449 e. The van der Waals surface area contributed by atoms with E-state index < -0.39 is 37.1 Å². The topological polar surface area (TPSA) is 115 Å². The van der Waals surface area contributed by atoms with E-state index >= 15 is 0 Å². The summed E-state index contributed by atoms with van der Waals surface area (Å²) >= 11 is 1.02. The first-order valence-corrected chi connectivity index (χ1v) is 8.84. The summed E-state index contributed by atoms with van der Waals surface area (Å²) in [6, 6.07) is 2.99. The monoisotopic (exact) mass is 427 g/mol. The van der Waals surface area contributed by atoms with E-state index in [1.165, 1.54) is 34.6 Å². The molecule has 0 fully saturated rings. The number of fused-ring (bicyclic) bond motifs is 1. The van der Waals surface area contributed by atoms with Gasteiger partial charge in [0.1, 0.15) is 11.6 Å². The summed E-state index contributed by atoms with van der Waals surface area (Å²) in [6.45, 7) is -0.918. The molecule has 3 aromatic heterocycles. The molecule has 3 amide bonds. The minimum atomic E-state index is -4.48. The number of anilines is 1. The van der Waals surface area contributed by atoms with Crippen molar-refractivity contribution in [1.29, 1.82) is 0 Å². The molecule has 3 aromatic rings. The van der Waals surface area contributed by atoms with Gasteiger partial charge < -0.3 is 10.1 Å². The Balaban J connectivity index is 1.61. The number of alkyl halides is 3. The predicted molar refractivity (Wildman–Crippen MR) is 94.7 cm³/mol. The van der Waals surface area contributed by atoms with Crippen molar-refractivity contribution in [1.82, 2.24) is 19.9 Å². The van der Waals surface area contributed by atoms with Crippen molar-refractivity contribution in [2.75, 3.05) is 11.9 Å². The third-order valence-corrected chi connectivity index (χ3v) is 4.31. The second-order valence-corrected chi connectivity index (χ2v) is 6.47. The summed E-state index contributed by atoms with van der Waals surface area (Å²) in [4.78, 5) is 40.1. The van der Waals surface area contributed by atoms with Crippen molar-refractivity contribution in [3.8, 4) is 0 Å². The van der Waals surface area contributed by atoms with Crippen LogP contribution in [0.5, 0.6) is 0 Å². The number of carbonyl (C=O) groups is 3. The molecule has 3 rings (SSSR count). The van der Waals surface area contributed by atoms with Gasteiger partial charge in [-0.2, -0.15) is 18.3 Å². The zero-order chi connectivity index (χ0) is 21.0. The Morgan fingerprint density at radius 1 is 1.21 bits per heavy atom. The van der Waals surface area contributed by atoms with Crippen LogP contribution < -0.4 is 10.6 Å². The number of alkyl carbamates (subject to hydrolysis) is 1. The summed E-state index contributed by atoms with van der Waals surface area (Å²) in [5.74, 6) is -1.50. The molecule has 0 aliphatic heterocycles. The van der Waals surface area contributed by atoms with Gasteiger partial charge in [-0.1, -0.05) is 0 Å². The normalized spacial score (nSPS) is 11.3. The van der Waals surface area contributed by atoms with Crippen LogP contribution in [0, 0.1) is 0 Å². The Hall–Kier alpha value is -3.48. The highest BCUT2D eigenvalue weighted by molar-refractivity contribution is 7.14. The molecule has 0 radical (unpaired) electrons. The number of thiophene rings is 1. The van der Waals surface area contributed by atoms with Gasteiger partial charge >= 0.3 is 12.3 Å². The van der Waals surface area contributed by atoms with E-state index in [4.69, 9.17) is 0 Å². The van der Waals surface area contributed by atoms with E-state index in [1.54, 1.807) is 11.4 Å². The SMILES string of the molecule is O=C(NC(=O)c1ccsc1NC(=O)c1cnc2ccnn2c1)OCCC(F)(F)F. The molecule has 0 aromatic carbocycles. The lowest BCUT2D eigenvalue weighted by atomic mass is 10.2. The van der Waals surface area contributed by atoms with Gasteiger partial charge in [0.2, 0.25) is 0 Å². The molecule has 0 aliphatic carbocycles. The van der Waals surface area contributed by atoms with E-state index in [1.807, 2.05) is 0 Å². The lowest BCUT2D eigenvalue weighted by Gasteiger charge is -2.09. The molecule has 0 bridgehead atoms. The highest BCUT2D eigenvalue weighted by Gasteiger charge is 2.27. The zero-order valence-electron chi connectivity index (χ0n) is 14.4. The Morgan fingerprint density at radius 3 is 2.76 bits per heavy atom. The summed E-state index contributed by atoms with van der Waals surface area (Å²) in [5.41, 5.74) is 0.665. The first kappa shape index (κ1) is 20.3. The summed E-state index contributed by atoms with van der Waals surface area (Å²) in [6.07, 6.45) is -2.84. The van der Waals surface area contributed by atoms with Crippen LogP contribution >= 0.6 is 11.3 Å². The van der Waals surface area contributed by atoms with E-state index in [0.717, 1.165) is 11.3 Å². The number of carbonyl (C=O) groups excluding carboxylic acids is 3. The lowest BCUT2D eigenvalue weighted by molar-refractivity contribution is -0.141. The summed E-state index contributed by atoms with van der Waals surface area (Å²) in [5, 5.41) is 9.92. The van der Waals surface area contributed by atoms with E-state index in [9.17, 15) is 27.6 Å². The average molecular weight is 427 g/mol. The first-order chi connectivity index (χ1) is 13.7. The molecule has 0 saturated heterocycles. The van der Waals surface area contributed by atoms with Crippen molar-refractivity contribution in [2.24, 2.45) is 0 Å². The van der Waals surface area contributed by atoms with Crippen LogP contribution in [0.3, 0.4) is 0 Å². The van der Waals surface area contributed by atoms with Gasteiger partial charge in [0.15, 0.2) is 5.65 Å². The van der Waals surface area contributed by atoms with Crippen molar-refractivity contribution < 1.29 is 32.3 Å². The molecule has 29 heavy (non-hydrogen) atoms. The number of hydrogen-bond donors (Lipinski definition) is 2. The summed E-state index contributed by atoms with van der Waals surface area (Å²) in [7, 11) is 0. The second-order valence-electron chi connectivity index (χ2n) is 5.55. The molecular weight excluding hydrogens is 415 g/mol. The Kier molecular flexibility index (Phi) is 5.77. The van der Waals surface area contributed by atoms with E-state index in [2.05, 4.69) is 20.1 Å². The van der Waals surface area contributed by atoms with Crippen LogP contribution in [0.25, 0.3) is 5.65 Å². The predicted octanol–water partition coefficient (Wildman–Crippen LogP) is 2.86. The van der Waals surface area contributed by atoms with Gasteiger partial charge in [-0.3, -0.25) is 14.9 Å². The molecule has 13 heteroatoms. The number of nitrogens with one attached hydrogen (secondary N) is 2. The third-order valence-electron chi connectivity index (χ3n) is 3.48. The van der Waals surface area contributed by atoms with Gasteiger partial charge in [0.05, 0.1) is 23.7 Å². The molecule has 0 saturated carbocycles. The van der Waals surface area contributed by atoms with Crippen LogP contribution in [0.2, 0.25) is 0 Å². The van der Waals surface area contributed by atoms with Gasteiger partial charge in [-0.25, -0.2) is 14.3 Å². The molecule has 152 valence electrons. The van der Waals surface area contributed by atoms with Crippen LogP contribution in [-0.4, -0.2) is 45.3 Å². The van der Waals surface area contributed by atoms with Crippen molar-refractivity contribution >= 4 is 39.9 Å². The molecule has 0 unspecified atom stereocenters. The van der Waals surface area contributed by atoms with Gasteiger partial charge in [-0.15, -0.1) is 11.3 Å². The molecule has 9 nitrogen and oxygen atoms in total. The number of halogens is 3. The fraction of sp³-hybridized carbons (Fsp3) is 0.188. The van der Waals surface area contributed by atoms with Crippen molar-refractivity contribution in [3.05, 3.63) is 47.2 Å². The molecule has 3 heterocycles. The third kappa shape index (κ3) is 5.28. The standard InChI is InChI=1S/C16H12F3N5O4S/c17-16(18,19)3-5-28-15(27)23-13(26)10-2-6-29-14(10)22-12(25)9-7-20-11-1-4-21-24(11)8-9/h1-2,4,6-8H,3,5H2,(H,22,25)(H,23,26,27). The zero-order valence-corrected chi connectivity index (χ0v) is 15.2. The highest BCUT2D eigenvalue weighted by atomic mass is 32.1. The lowest BCUT2D eigenvalue weighted by Crippen LogP contribution is -2.32. The number of aromatic nitrogens is 3. The molecule has 0 atom stereocenters. The molecule has 2 N–H and O–H groups in total. The molecule has 0 aliphatic rings. The fourth-order valence-corrected chi connectivity index (χ4v) is 2.92. The van der Waals surface area contributed by atoms with Gasteiger partial charge in [0, 0.05) is 18.5 Å². The molecular formula is C16H12F3N5O4S. The van der Waals surface area contributed by atoms with Crippen LogP contribution in [-0.2, 0) is 4.74 Å². The van der Waals surface area contributed by atoms with Crippen LogP contribution in [0.4, 0.5) is 23.0 Å². The Labute approximate surface area is 164 Å². The maximum absolute atomic E-state index is 12.4. The highest BCUT2D eigenvalue weighted by Crippen LogP contribution is 2.24. The maximum Gasteiger partial charge on any atom is 0.414 e. The van der Waals surface area contributed by atoms with Crippen LogP contribution in [0.15, 0.2) is 36.1 Å². The minimum absolute atomic E-state index is 0.0516. The van der Waals surface area contributed by atoms with Crippen LogP contribution in [0.1, 0.15) is 27.1 Å². The number of hydrogen-bond acceptors (Lipinski definition) is 7. The Bertz CT molecular complexity index is 1060. The number of ether oxygens (including phenoxy) is 1. The first-order valence-electron chi connectivity index (χ1n) is 7.96. The quantitative estimate of drug-likeness (QED) is 0.647. The number of nitrogens with zero attached hydrogens (tertiary/aromatic N) is 3. The van der Waals surface area contributed by atoms with Gasteiger partial charge in [-0.05, 0) is 11.4 Å². The average Bonchev–Trinajstić information content (AvgIpc) is 3.28. The summed E-state index contributed by atoms with van der Waals surface area (Å²) < 4.78 is 41.9. The second kappa shape index (κ2) is 8.26. The molecule has 0 spiro atoms. The number of amides is 3. The van der Waals surface area contributed by atoms with E-state index in [-0.39, 0.29) is 16.1 Å². The van der Waals surface area contributed by atoms with Gasteiger partial charge in [0.25, 0.3) is 11.8 Å². The van der Waals surface area contributed by atoms with Crippen molar-refractivity contribution in [2.45, 2.75) is 12.6 Å². The largest absolute Gasteiger partial charge is 0.449 e. The van der Waals surface area contributed by atoms with Crippen molar-refractivity contribution in [3.63, 3.8) is 0 Å². The fourth-order valence-electron chi connectivity index (χ4n) is 2.14. The number of imide groups is 1. The Morgan fingerprint density at radius 2 is 2.00 bits per heavy atom. The smallest absolute Gasteiger partial charge is 0.414 e.